The summed E-state index contributed by atoms with van der Waals surface area (Å²) in [7, 11) is -4.23. The molecule has 2 aromatic rings. The van der Waals surface area contributed by atoms with E-state index in [0.29, 0.717) is 32.6 Å². The zero-order valence-electron chi connectivity index (χ0n) is 20.5. The summed E-state index contributed by atoms with van der Waals surface area (Å²) in [6, 6.07) is 16.7. The molecule has 2 aromatic carbocycles. The van der Waals surface area contributed by atoms with Gasteiger partial charge in [0.25, 0.3) is 0 Å². The van der Waals surface area contributed by atoms with Crippen molar-refractivity contribution in [3.05, 3.63) is 66.2 Å². The number of nitrogens with one attached hydrogen (secondary N) is 2. The number of benzene rings is 2. The van der Waals surface area contributed by atoms with Crippen LogP contribution in [0, 0.1) is 0 Å². The van der Waals surface area contributed by atoms with Crippen molar-refractivity contribution in [2.24, 2.45) is 0 Å². The smallest absolute Gasteiger partial charge is 0.459 e. The van der Waals surface area contributed by atoms with Gasteiger partial charge < -0.3 is 19.8 Å². The molecule has 198 valence electrons. The first-order chi connectivity index (χ1) is 17.7. The highest BCUT2D eigenvalue weighted by molar-refractivity contribution is 7.52. The summed E-state index contributed by atoms with van der Waals surface area (Å²) in [6.07, 6.45) is 0.552. The second kappa shape index (κ2) is 11.4. The Hall–Kier alpha value is -3.24. The molecule has 0 radical (unpaired) electrons. The number of piperazine rings is 1. The molecular weight excluding hydrogens is 499 g/mol. The van der Waals surface area contributed by atoms with Crippen LogP contribution in [-0.2, 0) is 30.0 Å². The lowest BCUT2D eigenvalue weighted by Crippen LogP contribution is -2.66. The van der Waals surface area contributed by atoms with Crippen molar-refractivity contribution in [2.45, 2.75) is 31.5 Å². The van der Waals surface area contributed by atoms with Crippen LogP contribution in [0.2, 0.25) is 0 Å². The van der Waals surface area contributed by atoms with Gasteiger partial charge in [-0.15, -0.1) is 0 Å². The maximum Gasteiger partial charge on any atom is 0.459 e. The van der Waals surface area contributed by atoms with Gasteiger partial charge in [0.1, 0.15) is 23.9 Å². The van der Waals surface area contributed by atoms with Gasteiger partial charge >= 0.3 is 13.7 Å². The molecule has 0 aliphatic carbocycles. The fourth-order valence-electron chi connectivity index (χ4n) is 4.54. The minimum Gasteiger partial charge on any atom is -0.480 e. The average molecular weight is 531 g/mol. The van der Waals surface area contributed by atoms with Crippen LogP contribution in [0.5, 0.6) is 5.75 Å². The number of nitrogens with zero attached hydrogens (tertiary/aromatic N) is 2. The first-order valence-corrected chi connectivity index (χ1v) is 13.6. The van der Waals surface area contributed by atoms with E-state index in [-0.39, 0.29) is 18.2 Å². The minimum absolute atomic E-state index is 0.128. The van der Waals surface area contributed by atoms with E-state index in [0.717, 1.165) is 5.56 Å². The number of hydrogen-bond donors (Lipinski definition) is 3. The molecule has 2 aliphatic heterocycles. The molecule has 12 heteroatoms. The van der Waals surface area contributed by atoms with Crippen molar-refractivity contribution in [2.75, 3.05) is 32.8 Å². The number of carboxylic acid groups (broad SMARTS) is 1. The molecule has 2 fully saturated rings. The maximum absolute atomic E-state index is 13.4. The van der Waals surface area contributed by atoms with E-state index in [1.165, 1.54) is 11.8 Å². The van der Waals surface area contributed by atoms with Gasteiger partial charge in [0.05, 0.1) is 0 Å². The number of para-hydroxylation sites is 1. The Morgan fingerprint density at radius 1 is 1.14 bits per heavy atom. The predicted octanol–water partition coefficient (Wildman–Crippen LogP) is 1.86. The highest BCUT2D eigenvalue weighted by Crippen LogP contribution is 2.45. The topological polar surface area (TPSA) is 138 Å². The minimum atomic E-state index is -4.23. The normalized spacial score (nSPS) is 22.3. The lowest BCUT2D eigenvalue weighted by atomic mass is 9.91. The number of aliphatic carboxylic acids is 1. The number of carboxylic acids is 1. The Morgan fingerprint density at radius 3 is 2.43 bits per heavy atom. The molecule has 2 heterocycles. The maximum atomic E-state index is 13.4. The quantitative estimate of drug-likeness (QED) is 0.393. The van der Waals surface area contributed by atoms with E-state index in [2.05, 4.69) is 15.3 Å². The van der Waals surface area contributed by atoms with Crippen molar-refractivity contribution in [1.82, 2.24) is 20.2 Å². The van der Waals surface area contributed by atoms with Gasteiger partial charge in [-0.3, -0.25) is 23.8 Å². The van der Waals surface area contributed by atoms with Crippen molar-refractivity contribution in [1.29, 1.82) is 0 Å². The molecule has 0 aromatic heterocycles. The van der Waals surface area contributed by atoms with Crippen molar-refractivity contribution < 1.29 is 33.1 Å². The standard InChI is InChI=1S/C25H31N4O7P/c1-19(23(31)32)27-37(34,36-21-10-6-3-7-11-21)35-17-22(30)28-14-15-29(16-20-8-4-2-5-9-20)25(18-28)12-13-26-24(25)33/h2-11,19H,12-18H2,1H3,(H,26,33)(H,27,34)(H,31,32). The van der Waals surface area contributed by atoms with Crippen LogP contribution in [0.1, 0.15) is 18.9 Å². The first kappa shape index (κ1) is 26.8. The van der Waals surface area contributed by atoms with Gasteiger partial charge in [0.15, 0.2) is 0 Å². The number of hydrogen-bond acceptors (Lipinski definition) is 7. The van der Waals surface area contributed by atoms with E-state index in [1.807, 2.05) is 30.3 Å². The molecule has 3 unspecified atom stereocenters. The highest BCUT2D eigenvalue weighted by Gasteiger charge is 2.51. The van der Waals surface area contributed by atoms with Crippen molar-refractivity contribution in [3.8, 4) is 5.75 Å². The van der Waals surface area contributed by atoms with Gasteiger partial charge in [-0.1, -0.05) is 48.5 Å². The van der Waals surface area contributed by atoms with Gasteiger partial charge in [-0.25, -0.2) is 4.57 Å². The molecule has 2 aliphatic rings. The Labute approximate surface area is 215 Å². The lowest BCUT2D eigenvalue weighted by molar-refractivity contribution is -0.145. The Balaban J connectivity index is 1.45. The third-order valence-corrected chi connectivity index (χ3v) is 8.19. The number of carbonyl (C=O) groups is 3. The Bertz CT molecular complexity index is 1170. The summed E-state index contributed by atoms with van der Waals surface area (Å²) in [6.45, 7) is 2.76. The van der Waals surface area contributed by atoms with Gasteiger partial charge in [-0.05, 0) is 31.0 Å². The fourth-order valence-corrected chi connectivity index (χ4v) is 5.99. The predicted molar refractivity (Wildman–Crippen MR) is 135 cm³/mol. The van der Waals surface area contributed by atoms with Gasteiger partial charge in [-0.2, -0.15) is 5.09 Å². The zero-order chi connectivity index (χ0) is 26.5. The number of carbonyl (C=O) groups excluding carboxylic acids is 2. The van der Waals surface area contributed by atoms with E-state index >= 15 is 0 Å². The molecule has 3 N–H and O–H groups in total. The SMILES string of the molecule is CC(NP(=O)(OCC(=O)N1CCN(Cc2ccccc2)C2(CCNC2=O)C1)Oc1ccccc1)C(=O)O. The van der Waals surface area contributed by atoms with Crippen LogP contribution in [0.15, 0.2) is 60.7 Å². The first-order valence-electron chi connectivity index (χ1n) is 12.1. The monoisotopic (exact) mass is 530 g/mol. The third-order valence-electron chi connectivity index (χ3n) is 6.56. The van der Waals surface area contributed by atoms with Crippen molar-refractivity contribution >= 4 is 25.5 Å². The lowest BCUT2D eigenvalue weighted by Gasteiger charge is -2.47. The van der Waals surface area contributed by atoms with E-state index in [1.54, 1.807) is 30.3 Å². The van der Waals surface area contributed by atoms with Crippen LogP contribution in [0.4, 0.5) is 0 Å². The molecule has 0 bridgehead atoms. The Morgan fingerprint density at radius 2 is 1.81 bits per heavy atom. The largest absolute Gasteiger partial charge is 0.480 e. The second-order valence-electron chi connectivity index (χ2n) is 9.12. The highest BCUT2D eigenvalue weighted by atomic mass is 31.2. The zero-order valence-corrected chi connectivity index (χ0v) is 21.4. The van der Waals surface area contributed by atoms with Gasteiger partial charge in [0, 0.05) is 32.7 Å². The van der Waals surface area contributed by atoms with Crippen molar-refractivity contribution in [3.63, 3.8) is 0 Å². The molecule has 11 nitrogen and oxygen atoms in total. The molecular formula is C25H31N4O7P. The van der Waals surface area contributed by atoms with E-state index in [4.69, 9.17) is 9.05 Å². The van der Waals surface area contributed by atoms with Crippen LogP contribution in [0.25, 0.3) is 0 Å². The van der Waals surface area contributed by atoms with Gasteiger partial charge in [0.2, 0.25) is 11.8 Å². The molecule has 37 heavy (non-hydrogen) atoms. The molecule has 4 rings (SSSR count). The van der Waals surface area contributed by atoms with Crippen LogP contribution in [0.3, 0.4) is 0 Å². The number of rotatable bonds is 10. The Kier molecular flexibility index (Phi) is 8.29. The summed E-state index contributed by atoms with van der Waals surface area (Å²) in [5.41, 5.74) is 0.201. The molecule has 0 saturated carbocycles. The summed E-state index contributed by atoms with van der Waals surface area (Å²) >= 11 is 0. The fraction of sp³-hybridized carbons (Fsp3) is 0.400. The summed E-state index contributed by atoms with van der Waals surface area (Å²) in [5, 5.41) is 14.5. The summed E-state index contributed by atoms with van der Waals surface area (Å²) in [5.74, 6) is -1.66. The molecule has 2 amide bonds. The van der Waals surface area contributed by atoms with Crippen LogP contribution >= 0.6 is 7.75 Å². The molecule has 1 spiro atoms. The molecule has 2 saturated heterocycles. The van der Waals surface area contributed by atoms with E-state index < -0.39 is 37.8 Å². The molecule has 3 atom stereocenters. The second-order valence-corrected chi connectivity index (χ2v) is 10.8. The summed E-state index contributed by atoms with van der Waals surface area (Å²) < 4.78 is 24.3. The van der Waals surface area contributed by atoms with Crippen LogP contribution < -0.4 is 14.9 Å². The third kappa shape index (κ3) is 6.37. The average Bonchev–Trinajstić information content (AvgIpc) is 3.25. The van der Waals surface area contributed by atoms with E-state index in [9.17, 15) is 24.1 Å². The van der Waals surface area contributed by atoms with Crippen LogP contribution in [-0.4, -0.2) is 77.1 Å². The number of amides is 2. The summed E-state index contributed by atoms with van der Waals surface area (Å²) in [4.78, 5) is 41.1.